The van der Waals surface area contributed by atoms with Gasteiger partial charge in [0.2, 0.25) is 5.91 Å². The first-order chi connectivity index (χ1) is 16.8. The Labute approximate surface area is 203 Å². The summed E-state index contributed by atoms with van der Waals surface area (Å²) < 4.78 is 13.2. The second-order valence-corrected chi connectivity index (χ2v) is 8.62. The first-order valence-electron chi connectivity index (χ1n) is 11.4. The summed E-state index contributed by atoms with van der Waals surface area (Å²) >= 11 is 0. The van der Waals surface area contributed by atoms with Crippen molar-refractivity contribution in [2.75, 3.05) is 42.7 Å². The lowest BCUT2D eigenvalue weighted by Crippen LogP contribution is -2.37. The van der Waals surface area contributed by atoms with Gasteiger partial charge in [-0.3, -0.25) is 14.4 Å². The summed E-state index contributed by atoms with van der Waals surface area (Å²) in [5.41, 5.74) is 3.95. The molecule has 4 rings (SSSR count). The summed E-state index contributed by atoms with van der Waals surface area (Å²) in [5.74, 6) is -1.06. The number of halogens is 1. The van der Waals surface area contributed by atoms with Crippen molar-refractivity contribution >= 4 is 34.8 Å². The van der Waals surface area contributed by atoms with E-state index < -0.39 is 5.82 Å². The van der Waals surface area contributed by atoms with Crippen LogP contribution in [0.15, 0.2) is 66.7 Å². The van der Waals surface area contributed by atoms with Gasteiger partial charge < -0.3 is 20.4 Å². The number of anilines is 3. The lowest BCUT2D eigenvalue weighted by molar-refractivity contribution is -0.115. The molecule has 0 radical (unpaired) electrons. The molecule has 0 bridgehead atoms. The average Bonchev–Trinajstić information content (AvgIpc) is 2.84. The van der Waals surface area contributed by atoms with Crippen LogP contribution < -0.4 is 15.5 Å². The molecule has 2 N–H and O–H groups in total. The van der Waals surface area contributed by atoms with Gasteiger partial charge in [-0.2, -0.15) is 0 Å². The van der Waals surface area contributed by atoms with Gasteiger partial charge in [-0.15, -0.1) is 0 Å². The first-order valence-corrected chi connectivity index (χ1v) is 11.4. The van der Waals surface area contributed by atoms with Crippen LogP contribution in [0.4, 0.5) is 21.5 Å². The van der Waals surface area contributed by atoms with Gasteiger partial charge in [0.25, 0.3) is 11.8 Å². The van der Waals surface area contributed by atoms with Crippen molar-refractivity contribution in [1.29, 1.82) is 0 Å². The molecule has 0 saturated heterocycles. The molecule has 0 spiro atoms. The van der Waals surface area contributed by atoms with Crippen molar-refractivity contribution in [3.63, 3.8) is 0 Å². The molecule has 180 valence electrons. The molecular weight excluding hydrogens is 447 g/mol. The Morgan fingerprint density at radius 2 is 1.69 bits per heavy atom. The Bertz CT molecular complexity index is 1260. The van der Waals surface area contributed by atoms with E-state index in [9.17, 15) is 18.8 Å². The number of hydrogen-bond acceptors (Lipinski definition) is 4. The van der Waals surface area contributed by atoms with E-state index in [1.807, 2.05) is 23.1 Å². The monoisotopic (exact) mass is 474 g/mol. The Kier molecular flexibility index (Phi) is 7.10. The molecule has 3 amide bonds. The maximum atomic E-state index is 13.2. The first kappa shape index (κ1) is 23.9. The second-order valence-electron chi connectivity index (χ2n) is 8.62. The molecule has 1 aliphatic heterocycles. The van der Waals surface area contributed by atoms with Crippen LogP contribution >= 0.6 is 0 Å². The number of hydrogen-bond donors (Lipinski definition) is 2. The topological polar surface area (TPSA) is 81.8 Å². The number of amides is 3. The van der Waals surface area contributed by atoms with E-state index in [0.717, 1.165) is 24.1 Å². The smallest absolute Gasteiger partial charge is 0.255 e. The number of fused-ring (bicyclic) bond motifs is 1. The van der Waals surface area contributed by atoms with Crippen LogP contribution in [0.5, 0.6) is 0 Å². The van der Waals surface area contributed by atoms with E-state index in [1.165, 1.54) is 29.2 Å². The third kappa shape index (κ3) is 5.66. The number of carbonyl (C=O) groups is 3. The Balaban J connectivity index is 1.46. The second kappa shape index (κ2) is 10.4. The molecule has 0 aliphatic carbocycles. The molecule has 1 heterocycles. The molecule has 3 aromatic carbocycles. The average molecular weight is 475 g/mol. The highest BCUT2D eigenvalue weighted by Crippen LogP contribution is 2.33. The van der Waals surface area contributed by atoms with Gasteiger partial charge in [0.15, 0.2) is 0 Å². The Morgan fingerprint density at radius 3 is 2.43 bits per heavy atom. The molecule has 0 saturated carbocycles. The molecular formula is C27H27FN4O3. The molecule has 0 fully saturated rings. The normalized spacial score (nSPS) is 12.5. The van der Waals surface area contributed by atoms with E-state index >= 15 is 0 Å². The third-order valence-electron chi connectivity index (χ3n) is 5.84. The zero-order valence-corrected chi connectivity index (χ0v) is 19.7. The van der Waals surface area contributed by atoms with Crippen LogP contribution in [0.2, 0.25) is 0 Å². The van der Waals surface area contributed by atoms with Crippen molar-refractivity contribution in [2.45, 2.75) is 12.8 Å². The number of nitrogens with zero attached hydrogens (tertiary/aromatic N) is 2. The quantitative estimate of drug-likeness (QED) is 0.562. The molecule has 0 atom stereocenters. The minimum absolute atomic E-state index is 0.133. The molecule has 0 unspecified atom stereocenters. The van der Waals surface area contributed by atoms with Crippen molar-refractivity contribution in [3.8, 4) is 0 Å². The standard InChI is InChI=1S/C27H27FN4O3/c1-31(2)27(35)19-6-3-7-21(16-19)29-25(33)17-32-15-5-8-22-23(9-4-10-24(22)32)30-26(34)18-11-13-20(28)14-12-18/h3-4,6-7,9-14,16H,5,8,15,17H2,1-2H3,(H,29,33)(H,30,34). The fourth-order valence-electron chi connectivity index (χ4n) is 4.14. The predicted molar refractivity (Wildman–Crippen MR) is 134 cm³/mol. The van der Waals surface area contributed by atoms with Gasteiger partial charge in [0.05, 0.1) is 6.54 Å². The molecule has 1 aliphatic rings. The Morgan fingerprint density at radius 1 is 0.943 bits per heavy atom. The highest BCUT2D eigenvalue weighted by Gasteiger charge is 2.22. The Hall–Kier alpha value is -4.20. The minimum Gasteiger partial charge on any atom is -0.362 e. The fraction of sp³-hybridized carbons (Fsp3) is 0.222. The summed E-state index contributed by atoms with van der Waals surface area (Å²) in [7, 11) is 3.36. The lowest BCUT2D eigenvalue weighted by atomic mass is 9.99. The molecule has 8 heteroatoms. The highest BCUT2D eigenvalue weighted by molar-refractivity contribution is 6.05. The zero-order chi connectivity index (χ0) is 24.9. The van der Waals surface area contributed by atoms with Gasteiger partial charge in [-0.25, -0.2) is 4.39 Å². The predicted octanol–water partition coefficient (Wildman–Crippen LogP) is 4.17. The summed E-state index contributed by atoms with van der Waals surface area (Å²) in [6, 6.07) is 17.8. The third-order valence-corrected chi connectivity index (χ3v) is 5.84. The van der Waals surface area contributed by atoms with Crippen LogP contribution in [0, 0.1) is 5.82 Å². The summed E-state index contributed by atoms with van der Waals surface area (Å²) in [5, 5.41) is 5.80. The van der Waals surface area contributed by atoms with Gasteiger partial charge in [0, 0.05) is 48.8 Å². The van der Waals surface area contributed by atoms with Crippen LogP contribution in [0.1, 0.15) is 32.7 Å². The summed E-state index contributed by atoms with van der Waals surface area (Å²) in [4.78, 5) is 41.2. The van der Waals surface area contributed by atoms with Gasteiger partial charge in [-0.1, -0.05) is 12.1 Å². The SMILES string of the molecule is CN(C)C(=O)c1cccc(NC(=O)CN2CCCc3c(NC(=O)c4ccc(F)cc4)cccc32)c1. The van der Waals surface area contributed by atoms with E-state index in [-0.39, 0.29) is 24.3 Å². The molecule has 7 nitrogen and oxygen atoms in total. The van der Waals surface area contributed by atoms with E-state index in [0.29, 0.717) is 29.0 Å². The van der Waals surface area contributed by atoms with E-state index in [4.69, 9.17) is 0 Å². The van der Waals surface area contributed by atoms with E-state index in [2.05, 4.69) is 10.6 Å². The van der Waals surface area contributed by atoms with Crippen molar-refractivity contribution in [3.05, 3.63) is 89.2 Å². The highest BCUT2D eigenvalue weighted by atomic mass is 19.1. The maximum Gasteiger partial charge on any atom is 0.255 e. The van der Waals surface area contributed by atoms with Gasteiger partial charge in [0.1, 0.15) is 5.82 Å². The number of rotatable bonds is 6. The molecule has 0 aromatic heterocycles. The van der Waals surface area contributed by atoms with E-state index in [1.54, 1.807) is 38.4 Å². The van der Waals surface area contributed by atoms with Crippen LogP contribution in [0.25, 0.3) is 0 Å². The maximum absolute atomic E-state index is 13.2. The number of benzene rings is 3. The largest absolute Gasteiger partial charge is 0.362 e. The number of carbonyl (C=O) groups excluding carboxylic acids is 3. The van der Waals surface area contributed by atoms with Crippen LogP contribution in [-0.2, 0) is 11.2 Å². The van der Waals surface area contributed by atoms with Crippen molar-refractivity contribution < 1.29 is 18.8 Å². The fourth-order valence-corrected chi connectivity index (χ4v) is 4.14. The minimum atomic E-state index is -0.399. The molecule has 35 heavy (non-hydrogen) atoms. The van der Waals surface area contributed by atoms with Gasteiger partial charge >= 0.3 is 0 Å². The lowest BCUT2D eigenvalue weighted by Gasteiger charge is -2.32. The van der Waals surface area contributed by atoms with Crippen LogP contribution in [0.3, 0.4) is 0 Å². The summed E-state index contributed by atoms with van der Waals surface area (Å²) in [6.45, 7) is 0.836. The van der Waals surface area contributed by atoms with Crippen LogP contribution in [-0.4, -0.2) is 49.8 Å². The zero-order valence-electron chi connectivity index (χ0n) is 19.7. The van der Waals surface area contributed by atoms with Crippen molar-refractivity contribution in [2.24, 2.45) is 0 Å². The number of nitrogens with one attached hydrogen (secondary N) is 2. The summed E-state index contributed by atoms with van der Waals surface area (Å²) in [6.07, 6.45) is 1.60. The van der Waals surface area contributed by atoms with Crippen molar-refractivity contribution in [1.82, 2.24) is 4.90 Å². The van der Waals surface area contributed by atoms with Gasteiger partial charge in [-0.05, 0) is 73.0 Å². The molecule has 3 aromatic rings.